The molecule has 0 radical (unpaired) electrons. The highest BCUT2D eigenvalue weighted by atomic mass is 32.2. The van der Waals surface area contributed by atoms with Crippen molar-refractivity contribution in [3.05, 3.63) is 65.7 Å². The average molecular weight is 401 g/mol. The molecule has 3 atom stereocenters. The van der Waals surface area contributed by atoms with Gasteiger partial charge in [-0.15, -0.1) is 0 Å². The second-order valence-corrected chi connectivity index (χ2v) is 9.72. The van der Waals surface area contributed by atoms with E-state index in [9.17, 15) is 13.2 Å². The van der Waals surface area contributed by atoms with E-state index >= 15 is 0 Å². The molecule has 5 nitrogen and oxygen atoms in total. The van der Waals surface area contributed by atoms with Gasteiger partial charge in [-0.25, -0.2) is 8.42 Å². The van der Waals surface area contributed by atoms with Gasteiger partial charge in [-0.05, 0) is 52.3 Å². The van der Waals surface area contributed by atoms with Gasteiger partial charge in [0.15, 0.2) is 0 Å². The molecule has 0 N–H and O–H groups in total. The summed E-state index contributed by atoms with van der Waals surface area (Å²) in [7, 11) is -3.77. The molecule has 0 aliphatic carbocycles. The Balaban J connectivity index is 2.02. The maximum absolute atomic E-state index is 13.3. The van der Waals surface area contributed by atoms with Gasteiger partial charge in [0.05, 0.1) is 10.9 Å². The molecule has 1 heterocycles. The first-order chi connectivity index (χ1) is 13.2. The summed E-state index contributed by atoms with van der Waals surface area (Å²) in [5, 5.41) is 0. The van der Waals surface area contributed by atoms with Crippen LogP contribution in [-0.2, 0) is 14.8 Å². The first-order valence-corrected chi connectivity index (χ1v) is 11.1. The summed E-state index contributed by atoms with van der Waals surface area (Å²) < 4.78 is 28.0. The van der Waals surface area contributed by atoms with E-state index in [-0.39, 0.29) is 22.9 Å². The molecule has 28 heavy (non-hydrogen) atoms. The molecule has 2 aromatic rings. The summed E-state index contributed by atoms with van der Waals surface area (Å²) in [6.07, 6.45) is 0. The number of nitrogens with zero attached hydrogens (tertiary/aromatic N) is 2. The highest BCUT2D eigenvalue weighted by molar-refractivity contribution is 7.89. The van der Waals surface area contributed by atoms with Crippen LogP contribution in [0.3, 0.4) is 0 Å². The zero-order valence-corrected chi connectivity index (χ0v) is 17.8. The van der Waals surface area contributed by atoms with Gasteiger partial charge in [0.2, 0.25) is 15.9 Å². The van der Waals surface area contributed by atoms with E-state index in [0.717, 1.165) is 11.1 Å². The van der Waals surface area contributed by atoms with Gasteiger partial charge in [-0.2, -0.15) is 4.31 Å². The minimum Gasteiger partial charge on any atom is -0.336 e. The molecule has 0 bridgehead atoms. The topological polar surface area (TPSA) is 57.5 Å². The number of amides is 1. The number of hydrogen-bond acceptors (Lipinski definition) is 3. The van der Waals surface area contributed by atoms with Crippen LogP contribution in [-0.4, -0.2) is 41.7 Å². The van der Waals surface area contributed by atoms with Gasteiger partial charge in [0.25, 0.3) is 0 Å². The van der Waals surface area contributed by atoms with Crippen LogP contribution < -0.4 is 0 Å². The maximum Gasteiger partial charge on any atom is 0.244 e. The van der Waals surface area contributed by atoms with E-state index in [1.807, 2.05) is 65.0 Å². The SMILES string of the molecule is Cc1ccc(S(=O)(=O)N2[C@H](c3ccccc3)[C@@H]2C(=O)N(C(C)C)C(C)C)cc1. The zero-order valence-electron chi connectivity index (χ0n) is 17.0. The molecule has 1 amide bonds. The number of rotatable bonds is 6. The second kappa shape index (κ2) is 7.68. The van der Waals surface area contributed by atoms with Crippen molar-refractivity contribution in [2.75, 3.05) is 0 Å². The van der Waals surface area contributed by atoms with Crippen molar-refractivity contribution < 1.29 is 13.2 Å². The van der Waals surface area contributed by atoms with E-state index in [2.05, 4.69) is 0 Å². The van der Waals surface area contributed by atoms with E-state index in [1.165, 1.54) is 4.31 Å². The molecule has 1 aliphatic rings. The van der Waals surface area contributed by atoms with Gasteiger partial charge < -0.3 is 4.90 Å². The minimum atomic E-state index is -3.77. The van der Waals surface area contributed by atoms with Crippen molar-refractivity contribution in [1.29, 1.82) is 0 Å². The van der Waals surface area contributed by atoms with Gasteiger partial charge in [-0.1, -0.05) is 48.0 Å². The van der Waals surface area contributed by atoms with Gasteiger partial charge >= 0.3 is 0 Å². The third kappa shape index (κ3) is 3.71. The lowest BCUT2D eigenvalue weighted by molar-refractivity contribution is -0.134. The molecular formula is C22H28N2O3S. The summed E-state index contributed by atoms with van der Waals surface area (Å²) in [5.41, 5.74) is 1.83. The molecule has 6 heteroatoms. The van der Waals surface area contributed by atoms with Crippen molar-refractivity contribution in [3.63, 3.8) is 0 Å². The van der Waals surface area contributed by atoms with Crippen LogP contribution in [0.2, 0.25) is 0 Å². The molecule has 0 aromatic heterocycles. The Bertz CT molecular complexity index is 930. The van der Waals surface area contributed by atoms with Crippen LogP contribution in [0.25, 0.3) is 0 Å². The number of aryl methyl sites for hydroxylation is 1. The Labute approximate surface area is 168 Å². The van der Waals surface area contributed by atoms with Crippen LogP contribution in [0.1, 0.15) is 44.9 Å². The van der Waals surface area contributed by atoms with Crippen molar-refractivity contribution in [3.8, 4) is 0 Å². The Hall–Kier alpha value is -2.18. The quantitative estimate of drug-likeness (QED) is 0.694. The predicted octanol–water partition coefficient (Wildman–Crippen LogP) is 3.75. The molecular weight excluding hydrogens is 372 g/mol. The van der Waals surface area contributed by atoms with Gasteiger partial charge in [0, 0.05) is 12.1 Å². The first kappa shape index (κ1) is 20.6. The fourth-order valence-corrected chi connectivity index (χ4v) is 5.53. The second-order valence-electron chi connectivity index (χ2n) is 7.88. The van der Waals surface area contributed by atoms with E-state index in [4.69, 9.17) is 0 Å². The molecule has 150 valence electrons. The number of sulfonamides is 1. The lowest BCUT2D eigenvalue weighted by Crippen LogP contribution is -2.45. The Kier molecular flexibility index (Phi) is 5.64. The summed E-state index contributed by atoms with van der Waals surface area (Å²) in [6.45, 7) is 9.73. The number of benzene rings is 2. The third-order valence-electron chi connectivity index (χ3n) is 5.12. The number of hydrogen-bond donors (Lipinski definition) is 0. The highest BCUT2D eigenvalue weighted by Gasteiger charge is 2.61. The van der Waals surface area contributed by atoms with E-state index in [1.54, 1.807) is 29.2 Å². The minimum absolute atomic E-state index is 0.00606. The van der Waals surface area contributed by atoms with Crippen LogP contribution in [0.15, 0.2) is 59.5 Å². The van der Waals surface area contributed by atoms with Gasteiger partial charge in [-0.3, -0.25) is 4.79 Å². The molecule has 1 aliphatic heterocycles. The average Bonchev–Trinajstić information content (AvgIpc) is 3.39. The van der Waals surface area contributed by atoms with Crippen molar-refractivity contribution in [1.82, 2.24) is 9.21 Å². The third-order valence-corrected chi connectivity index (χ3v) is 6.99. The lowest BCUT2D eigenvalue weighted by atomic mass is 10.1. The predicted molar refractivity (Wildman–Crippen MR) is 110 cm³/mol. The summed E-state index contributed by atoms with van der Waals surface area (Å²) in [5.74, 6) is -0.144. The fraction of sp³-hybridized carbons (Fsp3) is 0.409. The van der Waals surface area contributed by atoms with E-state index < -0.39 is 22.1 Å². The summed E-state index contributed by atoms with van der Waals surface area (Å²) in [4.78, 5) is 15.3. The number of carbonyl (C=O) groups is 1. The summed E-state index contributed by atoms with van der Waals surface area (Å²) >= 11 is 0. The first-order valence-electron chi connectivity index (χ1n) is 9.63. The monoisotopic (exact) mass is 400 g/mol. The van der Waals surface area contributed by atoms with Crippen molar-refractivity contribution >= 4 is 15.9 Å². The Morgan fingerprint density at radius 3 is 1.96 bits per heavy atom. The Morgan fingerprint density at radius 1 is 0.929 bits per heavy atom. The largest absolute Gasteiger partial charge is 0.336 e. The van der Waals surface area contributed by atoms with Crippen LogP contribution in [0.4, 0.5) is 0 Å². The number of carbonyl (C=O) groups excluding carboxylic acids is 1. The summed E-state index contributed by atoms with van der Waals surface area (Å²) in [6, 6.07) is 15.0. The van der Waals surface area contributed by atoms with E-state index in [0.29, 0.717) is 0 Å². The van der Waals surface area contributed by atoms with Crippen molar-refractivity contribution in [2.45, 2.75) is 63.7 Å². The fourth-order valence-electron chi connectivity index (χ4n) is 3.82. The molecule has 0 spiro atoms. The maximum atomic E-state index is 13.3. The smallest absolute Gasteiger partial charge is 0.244 e. The molecule has 1 saturated heterocycles. The normalized spacial score (nSPS) is 21.8. The van der Waals surface area contributed by atoms with Crippen LogP contribution in [0, 0.1) is 6.92 Å². The molecule has 1 fully saturated rings. The molecule has 0 saturated carbocycles. The zero-order chi connectivity index (χ0) is 20.6. The van der Waals surface area contributed by atoms with Crippen LogP contribution in [0.5, 0.6) is 0 Å². The highest BCUT2D eigenvalue weighted by Crippen LogP contribution is 2.48. The van der Waals surface area contributed by atoms with Crippen molar-refractivity contribution in [2.24, 2.45) is 0 Å². The van der Waals surface area contributed by atoms with Crippen LogP contribution >= 0.6 is 0 Å². The Morgan fingerprint density at radius 2 is 1.46 bits per heavy atom. The molecule has 3 rings (SSSR count). The molecule has 1 unspecified atom stereocenters. The lowest BCUT2D eigenvalue weighted by Gasteiger charge is -2.30. The molecule has 2 aromatic carbocycles. The van der Waals surface area contributed by atoms with Gasteiger partial charge in [0.1, 0.15) is 6.04 Å². The standard InChI is InChI=1S/C22H28N2O3S/c1-15(2)23(16(3)4)22(25)21-20(18-9-7-6-8-10-18)24(21)28(26,27)19-13-11-17(5)12-14-19/h6-16,20-21H,1-5H3/t20-,21-,24?/m1/s1.